The van der Waals surface area contributed by atoms with E-state index >= 15 is 0 Å². The van der Waals surface area contributed by atoms with Crippen LogP contribution in [0.15, 0.2) is 47.5 Å². The number of hydrogen-bond donors (Lipinski definition) is 3. The van der Waals surface area contributed by atoms with Crippen molar-refractivity contribution in [3.8, 4) is 5.82 Å². The number of nitrogens with zero attached hydrogens (tertiary/aromatic N) is 6. The van der Waals surface area contributed by atoms with E-state index in [1.54, 1.807) is 6.92 Å². The Morgan fingerprint density at radius 2 is 1.97 bits per heavy atom. The van der Waals surface area contributed by atoms with Gasteiger partial charge in [-0.2, -0.15) is 28.5 Å². The Balaban J connectivity index is 1.67. The predicted molar refractivity (Wildman–Crippen MR) is 108 cm³/mol. The summed E-state index contributed by atoms with van der Waals surface area (Å²) in [6, 6.07) is 2.97. The molecule has 32 heavy (non-hydrogen) atoms. The molecule has 3 aromatic rings. The van der Waals surface area contributed by atoms with Gasteiger partial charge in [0.15, 0.2) is 17.3 Å². The van der Waals surface area contributed by atoms with Gasteiger partial charge in [-0.05, 0) is 24.6 Å². The van der Waals surface area contributed by atoms with Crippen LogP contribution in [0.3, 0.4) is 0 Å². The Hall–Kier alpha value is -3.87. The number of alkyl halides is 3. The monoisotopic (exact) mass is 465 g/mol. The first kappa shape index (κ1) is 21.4. The predicted octanol–water partition coefficient (Wildman–Crippen LogP) is 2.05. The molecule has 0 aliphatic carbocycles. The fourth-order valence-corrected chi connectivity index (χ4v) is 3.30. The first-order valence-corrected chi connectivity index (χ1v) is 9.44. The molecule has 0 fully saturated rings. The lowest BCUT2D eigenvalue weighted by Crippen LogP contribution is -2.34. The average molecular weight is 466 g/mol. The molecule has 10 nitrogen and oxygen atoms in total. The lowest BCUT2D eigenvalue weighted by Gasteiger charge is -2.19. The van der Waals surface area contributed by atoms with Gasteiger partial charge < -0.3 is 16.4 Å². The normalized spacial score (nSPS) is 14.2. The van der Waals surface area contributed by atoms with E-state index < -0.39 is 23.3 Å². The van der Waals surface area contributed by atoms with Crippen LogP contribution in [0.4, 0.5) is 19.0 Å². The number of nitrogens with one attached hydrogen (secondary N) is 2. The number of carbonyl (C=O) groups is 1. The molecule has 4 heterocycles. The molecule has 0 spiro atoms. The third-order valence-corrected chi connectivity index (χ3v) is 4.73. The Bertz CT molecular complexity index is 1250. The van der Waals surface area contributed by atoms with Crippen molar-refractivity contribution in [2.45, 2.75) is 13.1 Å². The molecule has 0 atom stereocenters. The van der Waals surface area contributed by atoms with E-state index in [4.69, 9.17) is 17.3 Å². The molecule has 1 amide bonds. The quantitative estimate of drug-likeness (QED) is 0.538. The molecule has 1 aliphatic heterocycles. The highest BCUT2D eigenvalue weighted by molar-refractivity contribution is 6.33. The van der Waals surface area contributed by atoms with Gasteiger partial charge >= 0.3 is 6.18 Å². The maximum Gasteiger partial charge on any atom is 0.434 e. The van der Waals surface area contributed by atoms with E-state index in [0.29, 0.717) is 16.1 Å². The first-order chi connectivity index (χ1) is 15.1. The molecule has 4 N–H and O–H groups in total. The summed E-state index contributed by atoms with van der Waals surface area (Å²) in [5.74, 6) is -0.759. The number of aromatic nitrogens is 6. The van der Waals surface area contributed by atoms with Crippen LogP contribution in [0.25, 0.3) is 11.6 Å². The molecule has 0 aromatic carbocycles. The number of amides is 1. The molecule has 4 rings (SSSR count). The van der Waals surface area contributed by atoms with Crippen LogP contribution in [0.2, 0.25) is 0 Å². The highest BCUT2D eigenvalue weighted by Crippen LogP contribution is 2.34. The zero-order valence-electron chi connectivity index (χ0n) is 16.4. The summed E-state index contributed by atoms with van der Waals surface area (Å²) in [7, 11) is 0. The largest absolute Gasteiger partial charge is 0.434 e. The van der Waals surface area contributed by atoms with Gasteiger partial charge in [-0.3, -0.25) is 4.79 Å². The van der Waals surface area contributed by atoms with E-state index in [0.717, 1.165) is 6.20 Å². The molecule has 166 valence electrons. The number of dihydropyridines is 1. The van der Waals surface area contributed by atoms with Gasteiger partial charge in [0.05, 0.1) is 35.7 Å². The summed E-state index contributed by atoms with van der Waals surface area (Å²) in [5.41, 5.74) is 4.31. The van der Waals surface area contributed by atoms with Gasteiger partial charge in [0.2, 0.25) is 0 Å². The van der Waals surface area contributed by atoms with Gasteiger partial charge in [-0.1, -0.05) is 17.7 Å². The molecule has 0 radical (unpaired) electrons. The van der Waals surface area contributed by atoms with Crippen LogP contribution in [0.5, 0.6) is 0 Å². The number of carbonyl (C=O) groups excluding carboxylic acids is 1. The van der Waals surface area contributed by atoms with E-state index in [1.165, 1.54) is 35.4 Å². The molecule has 0 bridgehead atoms. The Morgan fingerprint density at radius 3 is 2.62 bits per heavy atom. The Labute approximate surface area is 183 Å². The van der Waals surface area contributed by atoms with Crippen LogP contribution in [-0.4, -0.2) is 42.2 Å². The number of nitrogen functional groups attached to an aromatic ring is 1. The zero-order valence-corrected chi connectivity index (χ0v) is 17.1. The molecular weight excluding hydrogens is 451 g/mol. The summed E-state index contributed by atoms with van der Waals surface area (Å²) in [5, 5.41) is 17.1. The lowest BCUT2D eigenvalue weighted by atomic mass is 10.2. The topological polar surface area (TPSA) is 129 Å². The minimum absolute atomic E-state index is 0.0163. The third kappa shape index (κ3) is 4.01. The number of nitrogens with two attached hydrogens (primary N) is 1. The van der Waals surface area contributed by atoms with Crippen LogP contribution < -0.4 is 16.4 Å². The molecule has 0 unspecified atom stereocenters. The van der Waals surface area contributed by atoms with Gasteiger partial charge in [0.25, 0.3) is 5.91 Å². The summed E-state index contributed by atoms with van der Waals surface area (Å²) < 4.78 is 42.3. The van der Waals surface area contributed by atoms with E-state index in [-0.39, 0.29) is 28.9 Å². The molecule has 0 saturated carbocycles. The molecule has 3 aromatic heterocycles. The standard InChI is InChI=1S/C18H15ClF3N9O/c1-9-2-3-13(23)29-15(9)30-14(18(20,21)22)11(8-27-30)17(32)28-10-6-12(19)16(24-7-10)31-25-4-5-26-31/h2-6,8,24H,7H2,1H3,(H2,23,29)(H,28,32). The van der Waals surface area contributed by atoms with Crippen molar-refractivity contribution in [2.75, 3.05) is 12.3 Å². The number of pyridine rings is 1. The molecule has 0 saturated heterocycles. The van der Waals surface area contributed by atoms with E-state index in [2.05, 4.69) is 30.9 Å². The van der Waals surface area contributed by atoms with Gasteiger partial charge in [-0.15, -0.1) is 4.80 Å². The fraction of sp³-hybridized carbons (Fsp3) is 0.167. The van der Waals surface area contributed by atoms with Crippen LogP contribution >= 0.6 is 11.6 Å². The Kier molecular flexibility index (Phi) is 5.34. The van der Waals surface area contributed by atoms with Crippen molar-refractivity contribution >= 4 is 29.1 Å². The minimum Gasteiger partial charge on any atom is -0.384 e. The van der Waals surface area contributed by atoms with E-state index in [1.807, 2.05) is 0 Å². The van der Waals surface area contributed by atoms with Crippen molar-refractivity contribution in [3.05, 3.63) is 64.3 Å². The maximum absolute atomic E-state index is 13.9. The molecule has 14 heteroatoms. The third-order valence-electron chi connectivity index (χ3n) is 4.44. The van der Waals surface area contributed by atoms with Crippen molar-refractivity contribution in [2.24, 2.45) is 0 Å². The fourth-order valence-electron chi connectivity index (χ4n) is 3.02. The maximum atomic E-state index is 13.9. The summed E-state index contributed by atoms with van der Waals surface area (Å²) in [6.45, 7) is 1.63. The molecule has 1 aliphatic rings. The van der Waals surface area contributed by atoms with Crippen LogP contribution in [-0.2, 0) is 6.18 Å². The number of halogens is 4. The van der Waals surface area contributed by atoms with Crippen molar-refractivity contribution in [1.82, 2.24) is 40.4 Å². The van der Waals surface area contributed by atoms with Crippen molar-refractivity contribution < 1.29 is 18.0 Å². The number of hydrogen-bond acceptors (Lipinski definition) is 7. The smallest absolute Gasteiger partial charge is 0.384 e. The second-order valence-electron chi connectivity index (χ2n) is 6.69. The number of aryl methyl sites for hydroxylation is 1. The van der Waals surface area contributed by atoms with Gasteiger partial charge in [0, 0.05) is 5.70 Å². The highest BCUT2D eigenvalue weighted by atomic mass is 35.5. The SMILES string of the molecule is Cc1ccc(N)nc1-n1ncc(C(=O)NC2=CC(Cl)=C(n3nccn3)NC2)c1C(F)(F)F. The zero-order chi connectivity index (χ0) is 23.0. The van der Waals surface area contributed by atoms with E-state index in [9.17, 15) is 18.0 Å². The minimum atomic E-state index is -4.89. The van der Waals surface area contributed by atoms with Crippen molar-refractivity contribution in [3.63, 3.8) is 0 Å². The molecular formula is C18H15ClF3N9O. The van der Waals surface area contributed by atoms with Crippen LogP contribution in [0.1, 0.15) is 21.6 Å². The highest BCUT2D eigenvalue weighted by Gasteiger charge is 2.41. The first-order valence-electron chi connectivity index (χ1n) is 9.06. The second kappa shape index (κ2) is 8.00. The van der Waals surface area contributed by atoms with Crippen LogP contribution in [0, 0.1) is 6.92 Å². The number of allylic oxidation sites excluding steroid dienone is 2. The summed E-state index contributed by atoms with van der Waals surface area (Å²) in [6.07, 6.45) is 0.240. The lowest BCUT2D eigenvalue weighted by molar-refractivity contribution is -0.143. The summed E-state index contributed by atoms with van der Waals surface area (Å²) in [4.78, 5) is 17.9. The number of rotatable bonds is 4. The average Bonchev–Trinajstić information content (AvgIpc) is 3.39. The van der Waals surface area contributed by atoms with Crippen molar-refractivity contribution in [1.29, 1.82) is 0 Å². The number of anilines is 1. The second-order valence-corrected chi connectivity index (χ2v) is 7.09. The van der Waals surface area contributed by atoms with Gasteiger partial charge in [0.1, 0.15) is 5.82 Å². The summed E-state index contributed by atoms with van der Waals surface area (Å²) >= 11 is 6.19. The van der Waals surface area contributed by atoms with Gasteiger partial charge in [-0.25, -0.2) is 9.67 Å². The Morgan fingerprint density at radius 1 is 1.25 bits per heavy atom.